The third-order valence-electron chi connectivity index (χ3n) is 5.82. The molecule has 1 N–H and O–H groups in total. The molecule has 0 amide bonds. The van der Waals surface area contributed by atoms with Gasteiger partial charge in [0.15, 0.2) is 0 Å². The lowest BCUT2D eigenvalue weighted by molar-refractivity contribution is -0.171. The number of ether oxygens (including phenoxy) is 1. The molecule has 104 valence electrons. The molecule has 0 bridgehead atoms. The number of aliphatic hydroxyl groups is 1. The number of ketones is 1. The van der Waals surface area contributed by atoms with Crippen molar-refractivity contribution >= 4 is 11.8 Å². The number of carbonyl (C=O) groups is 2. The van der Waals surface area contributed by atoms with Crippen LogP contribution in [0.4, 0.5) is 0 Å². The Morgan fingerprint density at radius 3 is 2.74 bits per heavy atom. The zero-order chi connectivity index (χ0) is 14.0. The van der Waals surface area contributed by atoms with Crippen LogP contribution in [0.1, 0.15) is 39.5 Å². The smallest absolute Gasteiger partial charge is 0.334 e. The van der Waals surface area contributed by atoms with Crippen molar-refractivity contribution in [3.8, 4) is 0 Å². The van der Waals surface area contributed by atoms with Crippen LogP contribution in [0, 0.1) is 17.3 Å². The van der Waals surface area contributed by atoms with E-state index in [-0.39, 0.29) is 17.6 Å². The van der Waals surface area contributed by atoms with Crippen molar-refractivity contribution < 1.29 is 19.4 Å². The molecule has 3 aliphatic rings. The summed E-state index contributed by atoms with van der Waals surface area (Å²) in [6, 6.07) is 0. The molecule has 0 radical (unpaired) electrons. The van der Waals surface area contributed by atoms with Gasteiger partial charge in [0.2, 0.25) is 0 Å². The van der Waals surface area contributed by atoms with Crippen LogP contribution >= 0.6 is 0 Å². The lowest BCUT2D eigenvalue weighted by Crippen LogP contribution is -2.56. The lowest BCUT2D eigenvalue weighted by Gasteiger charge is -2.43. The number of carbonyl (C=O) groups excluding carboxylic acids is 2. The van der Waals surface area contributed by atoms with Crippen LogP contribution in [0.25, 0.3) is 0 Å². The minimum absolute atomic E-state index is 0.0150. The molecule has 0 spiro atoms. The minimum atomic E-state index is -1.06. The van der Waals surface area contributed by atoms with Gasteiger partial charge >= 0.3 is 5.97 Å². The monoisotopic (exact) mass is 264 g/mol. The molecule has 0 unspecified atom stereocenters. The van der Waals surface area contributed by atoms with Gasteiger partial charge < -0.3 is 9.84 Å². The Hall–Kier alpha value is -1.16. The number of rotatable bonds is 0. The van der Waals surface area contributed by atoms with E-state index in [0.717, 1.165) is 12.8 Å². The Labute approximate surface area is 112 Å². The maximum Gasteiger partial charge on any atom is 0.334 e. The number of hydrogen-bond donors (Lipinski definition) is 1. The van der Waals surface area contributed by atoms with Crippen LogP contribution in [-0.4, -0.2) is 28.6 Å². The molecule has 2 saturated carbocycles. The van der Waals surface area contributed by atoms with Crippen LogP contribution in [0.15, 0.2) is 12.2 Å². The Morgan fingerprint density at radius 1 is 1.37 bits per heavy atom. The second kappa shape index (κ2) is 3.69. The first-order valence-electron chi connectivity index (χ1n) is 6.98. The highest BCUT2D eigenvalue weighted by molar-refractivity contribution is 5.94. The standard InChI is InChI=1S/C15H20O4/c1-8-4-5-10-9(2)13(17)19-12(10)14(3)11(16)6-7-15(8,14)18/h8,10,12,18H,2,4-7H2,1,3H3/t8-,10-,12-,14+,15-/m0/s1. The van der Waals surface area contributed by atoms with Crippen LogP contribution in [0.2, 0.25) is 0 Å². The Bertz CT molecular complexity index is 483. The number of esters is 1. The van der Waals surface area contributed by atoms with E-state index in [9.17, 15) is 14.7 Å². The van der Waals surface area contributed by atoms with Gasteiger partial charge in [-0.1, -0.05) is 13.5 Å². The largest absolute Gasteiger partial charge is 0.457 e. The molecular weight excluding hydrogens is 244 g/mol. The van der Waals surface area contributed by atoms with E-state index < -0.39 is 23.1 Å². The van der Waals surface area contributed by atoms with E-state index in [4.69, 9.17) is 4.74 Å². The average Bonchev–Trinajstić information content (AvgIpc) is 2.76. The van der Waals surface area contributed by atoms with Gasteiger partial charge in [0.05, 0.1) is 11.0 Å². The number of hydrogen-bond acceptors (Lipinski definition) is 4. The molecule has 1 saturated heterocycles. The summed E-state index contributed by atoms with van der Waals surface area (Å²) in [5.74, 6) is -0.494. The van der Waals surface area contributed by atoms with Crippen molar-refractivity contribution in [2.45, 2.75) is 51.2 Å². The first-order valence-corrected chi connectivity index (χ1v) is 6.98. The van der Waals surface area contributed by atoms with E-state index in [0.29, 0.717) is 18.4 Å². The molecule has 0 aromatic heterocycles. The minimum Gasteiger partial charge on any atom is -0.457 e. The molecule has 0 aromatic carbocycles. The maximum atomic E-state index is 12.4. The second-order valence-electron chi connectivity index (χ2n) is 6.49. The molecule has 2 aliphatic carbocycles. The van der Waals surface area contributed by atoms with E-state index in [2.05, 4.69) is 6.58 Å². The maximum absolute atomic E-state index is 12.4. The predicted molar refractivity (Wildman–Crippen MR) is 68.2 cm³/mol. The highest BCUT2D eigenvalue weighted by Gasteiger charge is 2.68. The van der Waals surface area contributed by atoms with Gasteiger partial charge in [0.25, 0.3) is 0 Å². The van der Waals surface area contributed by atoms with Gasteiger partial charge in [0, 0.05) is 17.9 Å². The molecule has 19 heavy (non-hydrogen) atoms. The summed E-state index contributed by atoms with van der Waals surface area (Å²) in [5, 5.41) is 11.1. The van der Waals surface area contributed by atoms with Crippen molar-refractivity contribution in [1.82, 2.24) is 0 Å². The van der Waals surface area contributed by atoms with Crippen molar-refractivity contribution in [3.05, 3.63) is 12.2 Å². The predicted octanol–water partition coefficient (Wildman–Crippen LogP) is 1.61. The normalized spacial score (nSPS) is 49.6. The molecule has 4 nitrogen and oxygen atoms in total. The highest BCUT2D eigenvalue weighted by atomic mass is 16.6. The Balaban J connectivity index is 2.14. The van der Waals surface area contributed by atoms with E-state index >= 15 is 0 Å². The van der Waals surface area contributed by atoms with Gasteiger partial charge in [-0.2, -0.15) is 0 Å². The van der Waals surface area contributed by atoms with Crippen molar-refractivity contribution in [1.29, 1.82) is 0 Å². The fourth-order valence-electron chi connectivity index (χ4n) is 4.35. The van der Waals surface area contributed by atoms with Crippen molar-refractivity contribution in [2.24, 2.45) is 17.3 Å². The van der Waals surface area contributed by atoms with E-state index in [1.54, 1.807) is 6.92 Å². The molecule has 1 aliphatic heterocycles. The van der Waals surface area contributed by atoms with E-state index in [1.165, 1.54) is 0 Å². The second-order valence-corrected chi connectivity index (χ2v) is 6.49. The zero-order valence-corrected chi connectivity index (χ0v) is 11.4. The summed E-state index contributed by atoms with van der Waals surface area (Å²) in [7, 11) is 0. The van der Waals surface area contributed by atoms with Gasteiger partial charge in [-0.15, -0.1) is 0 Å². The summed E-state index contributed by atoms with van der Waals surface area (Å²) in [4.78, 5) is 24.2. The van der Waals surface area contributed by atoms with E-state index in [1.807, 2.05) is 6.92 Å². The third kappa shape index (κ3) is 1.33. The average molecular weight is 264 g/mol. The number of Topliss-reactive ketones (excluding diaryl/α,β-unsaturated/α-hetero) is 1. The Kier molecular flexibility index (Phi) is 2.50. The molecular formula is C15H20O4. The fourth-order valence-corrected chi connectivity index (χ4v) is 4.35. The third-order valence-corrected chi connectivity index (χ3v) is 5.82. The highest BCUT2D eigenvalue weighted by Crippen LogP contribution is 2.58. The summed E-state index contributed by atoms with van der Waals surface area (Å²) in [6.45, 7) is 7.57. The van der Waals surface area contributed by atoms with Crippen LogP contribution in [0.5, 0.6) is 0 Å². The molecule has 3 fully saturated rings. The first-order chi connectivity index (χ1) is 8.82. The van der Waals surface area contributed by atoms with Crippen molar-refractivity contribution in [3.63, 3.8) is 0 Å². The van der Waals surface area contributed by atoms with Gasteiger partial charge in [-0.05, 0) is 32.1 Å². The number of fused-ring (bicyclic) bond motifs is 3. The first kappa shape index (κ1) is 12.9. The Morgan fingerprint density at radius 2 is 2.05 bits per heavy atom. The molecule has 1 heterocycles. The molecule has 5 atom stereocenters. The quantitative estimate of drug-likeness (QED) is 0.533. The fraction of sp³-hybridized carbons (Fsp3) is 0.733. The lowest BCUT2D eigenvalue weighted by atomic mass is 9.65. The molecule has 3 rings (SSSR count). The van der Waals surface area contributed by atoms with Crippen LogP contribution in [0.3, 0.4) is 0 Å². The van der Waals surface area contributed by atoms with Gasteiger partial charge in [-0.25, -0.2) is 4.79 Å². The zero-order valence-electron chi connectivity index (χ0n) is 11.4. The summed E-state index contributed by atoms with van der Waals surface area (Å²) in [5.41, 5.74) is -1.58. The summed E-state index contributed by atoms with van der Waals surface area (Å²) in [6.07, 6.45) is 1.83. The topological polar surface area (TPSA) is 63.6 Å². The van der Waals surface area contributed by atoms with Crippen LogP contribution < -0.4 is 0 Å². The van der Waals surface area contributed by atoms with Gasteiger partial charge in [-0.3, -0.25) is 4.79 Å². The van der Waals surface area contributed by atoms with Gasteiger partial charge in [0.1, 0.15) is 11.9 Å². The summed E-state index contributed by atoms with van der Waals surface area (Å²) < 4.78 is 5.44. The van der Waals surface area contributed by atoms with Crippen molar-refractivity contribution in [2.75, 3.05) is 0 Å². The van der Waals surface area contributed by atoms with Crippen LogP contribution in [-0.2, 0) is 14.3 Å². The molecule has 4 heteroatoms. The molecule has 0 aromatic rings. The summed E-state index contributed by atoms with van der Waals surface area (Å²) >= 11 is 0. The SMILES string of the molecule is C=C1C(=O)O[C@H]2[C@H]1CC[C@H](C)[C@@]1(O)CCC(=O)[C@]21C.